The normalized spacial score (nSPS) is 15.6. The highest BCUT2D eigenvalue weighted by Gasteiger charge is 2.27. The number of benzene rings is 1. The molecule has 1 unspecified atom stereocenters. The van der Waals surface area contributed by atoms with Crippen molar-refractivity contribution in [3.63, 3.8) is 0 Å². The number of aromatic nitrogens is 6. The van der Waals surface area contributed by atoms with E-state index in [9.17, 15) is 4.79 Å². The third-order valence-electron chi connectivity index (χ3n) is 7.71. The maximum absolute atomic E-state index is 12.8. The Labute approximate surface area is 250 Å². The summed E-state index contributed by atoms with van der Waals surface area (Å²) < 4.78 is 9.68. The lowest BCUT2D eigenvalue weighted by atomic mass is 10.0. The molecule has 1 amide bonds. The van der Waals surface area contributed by atoms with Gasteiger partial charge in [0.1, 0.15) is 29.7 Å². The second-order valence-electron chi connectivity index (χ2n) is 11.1. The van der Waals surface area contributed by atoms with Gasteiger partial charge in [-0.1, -0.05) is 6.08 Å². The zero-order valence-electron chi connectivity index (χ0n) is 24.9. The Kier molecular flexibility index (Phi) is 7.93. The van der Waals surface area contributed by atoms with Crippen LogP contribution in [0.1, 0.15) is 18.4 Å². The SMILES string of the molecule is Cc1cc(Nc2ncnn3ccc(N4CCCC(N(C)C(=O)/C=C/CN(C)C)C4)c23)ccc1Oc1ccn2ncnc2c1. The number of likely N-dealkylation sites (N-methyl/N-ethyl adjacent to an activating group) is 2. The summed E-state index contributed by atoms with van der Waals surface area (Å²) in [5.41, 5.74) is 4.51. The molecule has 222 valence electrons. The molecule has 1 N–H and O–H groups in total. The molecular weight excluding hydrogens is 544 g/mol. The number of fused-ring (bicyclic) bond motifs is 2. The van der Waals surface area contributed by atoms with Gasteiger partial charge in [-0.05, 0) is 69.8 Å². The van der Waals surface area contributed by atoms with E-state index in [4.69, 9.17) is 4.74 Å². The standard InChI is InChI=1S/C31H36N10O2/c1-22-17-23(9-10-27(22)43-25-11-15-40-28(18-25)32-20-34-40)36-31-30-26(12-16-41(30)35-21-33-31)39-14-5-7-24(19-39)38(4)29(42)8-6-13-37(2)3/h6,8-12,15-18,20-21,24H,5,7,13-14,19H2,1-4H3,(H,33,35,36)/b8-6+. The maximum Gasteiger partial charge on any atom is 0.246 e. The predicted molar refractivity (Wildman–Crippen MR) is 166 cm³/mol. The summed E-state index contributed by atoms with van der Waals surface area (Å²) in [5.74, 6) is 2.18. The zero-order valence-corrected chi connectivity index (χ0v) is 24.9. The molecule has 1 fully saturated rings. The highest BCUT2D eigenvalue weighted by atomic mass is 16.5. The van der Waals surface area contributed by atoms with Gasteiger partial charge >= 0.3 is 0 Å². The van der Waals surface area contributed by atoms with Crippen molar-refractivity contribution in [3.8, 4) is 11.5 Å². The summed E-state index contributed by atoms with van der Waals surface area (Å²) in [4.78, 5) is 27.9. The number of hydrogen-bond donors (Lipinski definition) is 1. The van der Waals surface area contributed by atoms with Crippen molar-refractivity contribution in [2.75, 3.05) is 51.0 Å². The summed E-state index contributed by atoms with van der Waals surface area (Å²) in [6.07, 6.45) is 12.4. The molecule has 5 aromatic rings. The lowest BCUT2D eigenvalue weighted by molar-refractivity contribution is -0.126. The van der Waals surface area contributed by atoms with E-state index in [2.05, 4.69) is 36.4 Å². The molecule has 0 bridgehead atoms. The number of nitrogens with zero attached hydrogens (tertiary/aromatic N) is 9. The Bertz CT molecular complexity index is 1780. The van der Waals surface area contributed by atoms with Crippen LogP contribution >= 0.6 is 0 Å². The molecule has 4 aromatic heterocycles. The number of carbonyl (C=O) groups excluding carboxylic acids is 1. The molecule has 0 saturated carbocycles. The third kappa shape index (κ3) is 6.14. The molecule has 43 heavy (non-hydrogen) atoms. The Morgan fingerprint density at radius 2 is 1.88 bits per heavy atom. The number of ether oxygens (including phenoxy) is 1. The average molecular weight is 581 g/mol. The van der Waals surface area contributed by atoms with Crippen LogP contribution < -0.4 is 15.0 Å². The van der Waals surface area contributed by atoms with Gasteiger partial charge in [-0.15, -0.1) is 0 Å². The maximum atomic E-state index is 12.8. The number of carbonyl (C=O) groups is 1. The minimum atomic E-state index is 0.0306. The minimum Gasteiger partial charge on any atom is -0.457 e. The fraction of sp³-hybridized carbons (Fsp3) is 0.323. The fourth-order valence-corrected chi connectivity index (χ4v) is 5.40. The van der Waals surface area contributed by atoms with Crippen molar-refractivity contribution < 1.29 is 9.53 Å². The largest absolute Gasteiger partial charge is 0.457 e. The van der Waals surface area contributed by atoms with Crippen LogP contribution in [0.15, 0.2) is 73.6 Å². The van der Waals surface area contributed by atoms with Crippen LogP contribution in [0.4, 0.5) is 17.2 Å². The van der Waals surface area contributed by atoms with Gasteiger partial charge in [0.15, 0.2) is 11.5 Å². The first kappa shape index (κ1) is 28.2. The third-order valence-corrected chi connectivity index (χ3v) is 7.71. The van der Waals surface area contributed by atoms with Gasteiger partial charge in [-0.3, -0.25) is 4.79 Å². The average Bonchev–Trinajstić information content (AvgIpc) is 3.66. The molecule has 12 heteroatoms. The van der Waals surface area contributed by atoms with Crippen LogP contribution in [0, 0.1) is 6.92 Å². The van der Waals surface area contributed by atoms with E-state index in [0.717, 1.165) is 66.3 Å². The molecule has 5 heterocycles. The number of nitrogens with one attached hydrogen (secondary N) is 1. The molecule has 1 saturated heterocycles. The number of rotatable bonds is 9. The highest BCUT2D eigenvalue weighted by molar-refractivity contribution is 5.88. The highest BCUT2D eigenvalue weighted by Crippen LogP contribution is 2.33. The van der Waals surface area contributed by atoms with Crippen LogP contribution in [-0.4, -0.2) is 91.7 Å². The van der Waals surface area contributed by atoms with Crippen molar-refractivity contribution in [1.29, 1.82) is 0 Å². The molecule has 0 radical (unpaired) electrons. The molecule has 0 aliphatic carbocycles. The van der Waals surface area contributed by atoms with Crippen molar-refractivity contribution >= 4 is 34.3 Å². The fourth-order valence-electron chi connectivity index (χ4n) is 5.40. The van der Waals surface area contributed by atoms with Crippen molar-refractivity contribution in [3.05, 3.63) is 79.2 Å². The molecule has 1 aliphatic rings. The molecule has 0 spiro atoms. The van der Waals surface area contributed by atoms with E-state index in [1.807, 2.05) is 91.2 Å². The van der Waals surface area contributed by atoms with E-state index in [-0.39, 0.29) is 11.9 Å². The number of amides is 1. The van der Waals surface area contributed by atoms with Crippen LogP contribution in [0.3, 0.4) is 0 Å². The Morgan fingerprint density at radius 3 is 2.72 bits per heavy atom. The molecule has 6 rings (SSSR count). The van der Waals surface area contributed by atoms with Gasteiger partial charge < -0.3 is 24.8 Å². The number of anilines is 3. The quantitative estimate of drug-likeness (QED) is 0.257. The second kappa shape index (κ2) is 12.1. The summed E-state index contributed by atoms with van der Waals surface area (Å²) >= 11 is 0. The number of piperidine rings is 1. The summed E-state index contributed by atoms with van der Waals surface area (Å²) in [6, 6.07) is 11.9. The monoisotopic (exact) mass is 580 g/mol. The lowest BCUT2D eigenvalue weighted by Crippen LogP contribution is -2.48. The molecule has 1 aliphatic heterocycles. The van der Waals surface area contributed by atoms with E-state index >= 15 is 0 Å². The lowest BCUT2D eigenvalue weighted by Gasteiger charge is -2.38. The number of hydrogen-bond acceptors (Lipinski definition) is 9. The zero-order chi connectivity index (χ0) is 29.9. The first-order valence-electron chi connectivity index (χ1n) is 14.4. The van der Waals surface area contributed by atoms with Gasteiger partial charge in [0.05, 0.1) is 5.69 Å². The topological polar surface area (TPSA) is 108 Å². The summed E-state index contributed by atoms with van der Waals surface area (Å²) in [7, 11) is 5.87. The first-order chi connectivity index (χ1) is 20.9. The van der Waals surface area contributed by atoms with Crippen molar-refractivity contribution in [2.24, 2.45) is 0 Å². The van der Waals surface area contributed by atoms with E-state index in [0.29, 0.717) is 11.6 Å². The molecule has 12 nitrogen and oxygen atoms in total. The number of aryl methyl sites for hydroxylation is 1. The molecule has 1 atom stereocenters. The van der Waals surface area contributed by atoms with Crippen LogP contribution in [0.25, 0.3) is 11.2 Å². The van der Waals surface area contributed by atoms with Gasteiger partial charge in [0.2, 0.25) is 5.91 Å². The number of pyridine rings is 1. The van der Waals surface area contributed by atoms with Crippen molar-refractivity contribution in [1.82, 2.24) is 39.0 Å². The van der Waals surface area contributed by atoms with E-state index in [1.165, 1.54) is 6.33 Å². The van der Waals surface area contributed by atoms with E-state index in [1.54, 1.807) is 16.9 Å². The Balaban J connectivity index is 1.19. The predicted octanol–water partition coefficient (Wildman–Crippen LogP) is 4.16. The molecular formula is C31H36N10O2. The van der Waals surface area contributed by atoms with Gasteiger partial charge in [0, 0.05) is 62.9 Å². The van der Waals surface area contributed by atoms with Gasteiger partial charge in [0.25, 0.3) is 0 Å². The van der Waals surface area contributed by atoms with Crippen LogP contribution in [0.2, 0.25) is 0 Å². The first-order valence-corrected chi connectivity index (χ1v) is 14.4. The second-order valence-corrected chi connectivity index (χ2v) is 11.1. The van der Waals surface area contributed by atoms with Gasteiger partial charge in [-0.2, -0.15) is 10.2 Å². The van der Waals surface area contributed by atoms with Gasteiger partial charge in [-0.25, -0.2) is 19.0 Å². The van der Waals surface area contributed by atoms with Crippen LogP contribution in [0.5, 0.6) is 11.5 Å². The molecule has 1 aromatic carbocycles. The van der Waals surface area contributed by atoms with Crippen LogP contribution in [-0.2, 0) is 4.79 Å². The summed E-state index contributed by atoms with van der Waals surface area (Å²) in [6.45, 7) is 4.38. The smallest absolute Gasteiger partial charge is 0.246 e. The Hall–Kier alpha value is -4.97. The minimum absolute atomic E-state index is 0.0306. The Morgan fingerprint density at radius 1 is 1.07 bits per heavy atom. The van der Waals surface area contributed by atoms with E-state index < -0.39 is 0 Å². The summed E-state index contributed by atoms with van der Waals surface area (Å²) in [5, 5.41) is 12.1. The van der Waals surface area contributed by atoms with Crippen molar-refractivity contribution in [2.45, 2.75) is 25.8 Å².